The lowest BCUT2D eigenvalue weighted by molar-refractivity contribution is -0.123. The van der Waals surface area contributed by atoms with Crippen LogP contribution in [0.15, 0.2) is 91.3 Å². The molecule has 2 atom stereocenters. The second kappa shape index (κ2) is 14.7. The number of piperidine rings is 1. The van der Waals surface area contributed by atoms with Crippen LogP contribution in [0.4, 0.5) is 4.39 Å². The third-order valence-corrected chi connectivity index (χ3v) is 8.77. The molecule has 5 aromatic rings. The first kappa shape index (κ1) is 33.2. The smallest absolute Gasteiger partial charge is 0.258 e. The number of nitrogens with zero attached hydrogens (tertiary/aromatic N) is 5. The number of hydrogen-bond donors (Lipinski definition) is 2. The van der Waals surface area contributed by atoms with E-state index in [9.17, 15) is 18.8 Å². The summed E-state index contributed by atoms with van der Waals surface area (Å²) in [7, 11) is 1.54. The maximum Gasteiger partial charge on any atom is 0.258 e. The molecule has 0 spiro atoms. The maximum absolute atomic E-state index is 14.8. The molecule has 0 saturated carbocycles. The summed E-state index contributed by atoms with van der Waals surface area (Å²) in [6, 6.07) is 22.9. The van der Waals surface area contributed by atoms with E-state index in [1.807, 2.05) is 18.2 Å². The molecule has 0 unspecified atom stereocenters. The number of hydrogen-bond acceptors (Lipinski definition) is 9. The lowest BCUT2D eigenvalue weighted by Crippen LogP contribution is -2.58. The Kier molecular flexibility index (Phi) is 9.55. The number of carbonyl (C=O) groups excluding carboxylic acids is 3. The number of ether oxygens (including phenoxy) is 3. The highest BCUT2D eigenvalue weighted by atomic mass is 19.1. The first-order chi connectivity index (χ1) is 24.8. The number of amides is 3. The summed E-state index contributed by atoms with van der Waals surface area (Å²) in [6.07, 6.45) is 1.26. The van der Waals surface area contributed by atoms with Crippen molar-refractivity contribution in [1.82, 2.24) is 35.7 Å². The third-order valence-electron chi connectivity index (χ3n) is 8.77. The number of fused-ring (bicyclic) bond motifs is 8. The highest BCUT2D eigenvalue weighted by Crippen LogP contribution is 2.33. The molecule has 1 fully saturated rings. The predicted octanol–water partition coefficient (Wildman–Crippen LogP) is 3.64. The number of aromatic nitrogens is 4. The Labute approximate surface area is 292 Å². The first-order valence-corrected chi connectivity index (χ1v) is 16.4. The Bertz CT molecular complexity index is 2060. The van der Waals surface area contributed by atoms with E-state index in [2.05, 4.69) is 26.2 Å². The fraction of sp³-hybridized carbons (Fsp3) is 0.243. The lowest BCUT2D eigenvalue weighted by atomic mass is 9.98. The van der Waals surface area contributed by atoms with Crippen molar-refractivity contribution >= 4 is 17.7 Å². The fourth-order valence-electron chi connectivity index (χ4n) is 6.22. The molecule has 1 aromatic heterocycles. The average Bonchev–Trinajstić information content (AvgIpc) is 3.66. The molecule has 2 N–H and O–H groups in total. The molecule has 7 rings (SSSR count). The monoisotopic (exact) mass is 691 g/mol. The van der Waals surface area contributed by atoms with E-state index in [1.54, 1.807) is 71.3 Å². The van der Waals surface area contributed by atoms with E-state index in [1.165, 1.54) is 18.5 Å². The molecule has 0 radical (unpaired) electrons. The Morgan fingerprint density at radius 2 is 1.86 bits per heavy atom. The van der Waals surface area contributed by atoms with Crippen LogP contribution in [0.2, 0.25) is 0 Å². The minimum Gasteiger partial charge on any atom is -0.496 e. The Balaban J connectivity index is 1.19. The van der Waals surface area contributed by atoms with E-state index in [-0.39, 0.29) is 37.3 Å². The van der Waals surface area contributed by atoms with Crippen LogP contribution in [0.3, 0.4) is 0 Å². The molecule has 1 saturated heterocycles. The van der Waals surface area contributed by atoms with Gasteiger partial charge in [0.15, 0.2) is 6.61 Å². The molecule has 13 nitrogen and oxygen atoms in total. The summed E-state index contributed by atoms with van der Waals surface area (Å²) < 4.78 is 34.1. The van der Waals surface area contributed by atoms with Crippen molar-refractivity contribution in [3.05, 3.63) is 119 Å². The zero-order valence-corrected chi connectivity index (χ0v) is 27.6. The van der Waals surface area contributed by atoms with Gasteiger partial charge in [0.25, 0.3) is 17.7 Å². The summed E-state index contributed by atoms with van der Waals surface area (Å²) in [5, 5.41) is 17.0. The van der Waals surface area contributed by atoms with Crippen LogP contribution >= 0.6 is 0 Å². The van der Waals surface area contributed by atoms with Gasteiger partial charge in [-0.1, -0.05) is 24.3 Å². The van der Waals surface area contributed by atoms with Crippen molar-refractivity contribution in [2.45, 2.75) is 31.7 Å². The molecule has 14 heteroatoms. The molecule has 3 heterocycles. The van der Waals surface area contributed by atoms with Gasteiger partial charge in [-0.2, -0.15) is 0 Å². The Morgan fingerprint density at radius 1 is 1.00 bits per heavy atom. The van der Waals surface area contributed by atoms with Gasteiger partial charge in [0.1, 0.15) is 35.5 Å². The van der Waals surface area contributed by atoms with E-state index in [0.29, 0.717) is 58.8 Å². The molecule has 3 amide bonds. The summed E-state index contributed by atoms with van der Waals surface area (Å²) in [6.45, 7) is 0.719. The van der Waals surface area contributed by atoms with Crippen molar-refractivity contribution in [2.75, 3.05) is 26.8 Å². The minimum atomic E-state index is -0.662. The van der Waals surface area contributed by atoms with Crippen LogP contribution < -0.4 is 24.8 Å². The molecule has 6 bridgehead atoms. The third kappa shape index (κ3) is 7.80. The summed E-state index contributed by atoms with van der Waals surface area (Å²) in [5.41, 5.74) is 3.59. The number of rotatable bonds is 4. The van der Waals surface area contributed by atoms with Gasteiger partial charge in [-0.3, -0.25) is 14.4 Å². The van der Waals surface area contributed by atoms with Gasteiger partial charge < -0.3 is 29.7 Å². The van der Waals surface area contributed by atoms with Crippen molar-refractivity contribution in [1.29, 1.82) is 0 Å². The number of likely N-dealkylation sites (tertiary alicyclic amines) is 1. The van der Waals surface area contributed by atoms with Crippen LogP contribution in [0.5, 0.6) is 17.2 Å². The van der Waals surface area contributed by atoms with Gasteiger partial charge in [0.2, 0.25) is 0 Å². The first-order valence-electron chi connectivity index (χ1n) is 16.4. The van der Waals surface area contributed by atoms with Crippen LogP contribution in [-0.4, -0.2) is 81.8 Å². The van der Waals surface area contributed by atoms with E-state index in [0.717, 1.165) is 5.56 Å². The quantitative estimate of drug-likeness (QED) is 0.288. The summed E-state index contributed by atoms with van der Waals surface area (Å²) in [5.74, 6) is -0.317. The van der Waals surface area contributed by atoms with Gasteiger partial charge in [-0.25, -0.2) is 9.07 Å². The van der Waals surface area contributed by atoms with Crippen molar-refractivity contribution in [3.63, 3.8) is 0 Å². The van der Waals surface area contributed by atoms with Crippen molar-refractivity contribution < 1.29 is 33.0 Å². The Hall–Kier alpha value is -6.31. The topological polar surface area (TPSA) is 150 Å². The standard InChI is InChI=1S/C37H34FN7O6/c1-49-33-10-9-27-16-31(33)26-3-2-4-29(15-26)50-21-35(46)39-18-24-13-28(38)17-30(14-24)51-34-11-12-44(20-32(34)41-36(27)47)37(48)25-7-5-23(6-8-25)19-45-22-40-42-43-45/h2-10,13-17,22,32,34H,11-12,18-21H2,1H3,(H,39,46)(H,41,47)/t32-,34-/m1/s1. The number of methoxy groups -OCH3 is 1. The van der Waals surface area contributed by atoms with E-state index < -0.39 is 23.9 Å². The zero-order chi connectivity index (χ0) is 35.3. The molecule has 4 aromatic carbocycles. The summed E-state index contributed by atoms with van der Waals surface area (Å²) in [4.78, 5) is 42.0. The number of carbonyl (C=O) groups is 3. The molecule has 51 heavy (non-hydrogen) atoms. The molecule has 2 aliphatic heterocycles. The van der Waals surface area contributed by atoms with Gasteiger partial charge in [0, 0.05) is 48.8 Å². The predicted molar refractivity (Wildman–Crippen MR) is 182 cm³/mol. The lowest BCUT2D eigenvalue weighted by Gasteiger charge is -2.39. The Morgan fingerprint density at radius 3 is 2.67 bits per heavy atom. The van der Waals surface area contributed by atoms with Gasteiger partial charge in [0.05, 0.1) is 19.7 Å². The van der Waals surface area contributed by atoms with E-state index in [4.69, 9.17) is 14.2 Å². The van der Waals surface area contributed by atoms with Gasteiger partial charge in [-0.15, -0.1) is 5.10 Å². The second-order valence-corrected chi connectivity index (χ2v) is 12.3. The van der Waals surface area contributed by atoms with Crippen LogP contribution in [0.25, 0.3) is 11.1 Å². The van der Waals surface area contributed by atoms with Crippen LogP contribution in [0.1, 0.15) is 38.3 Å². The van der Waals surface area contributed by atoms with Crippen LogP contribution in [-0.2, 0) is 17.9 Å². The van der Waals surface area contributed by atoms with Crippen molar-refractivity contribution in [2.24, 2.45) is 0 Å². The normalized spacial score (nSPS) is 17.6. The fourth-order valence-corrected chi connectivity index (χ4v) is 6.22. The maximum atomic E-state index is 14.8. The highest BCUT2D eigenvalue weighted by Gasteiger charge is 2.35. The molecular weight excluding hydrogens is 657 g/mol. The highest BCUT2D eigenvalue weighted by molar-refractivity contribution is 5.97. The number of halogens is 1. The number of benzene rings is 4. The van der Waals surface area contributed by atoms with Gasteiger partial charge >= 0.3 is 0 Å². The molecule has 2 aliphatic rings. The molecular formula is C37H34FN7O6. The number of nitrogens with one attached hydrogen (secondary N) is 2. The molecule has 0 aliphatic carbocycles. The molecule has 260 valence electrons. The van der Waals surface area contributed by atoms with Crippen molar-refractivity contribution in [3.8, 4) is 28.4 Å². The minimum absolute atomic E-state index is 0.0427. The van der Waals surface area contributed by atoms with Crippen LogP contribution in [0, 0.1) is 5.82 Å². The summed E-state index contributed by atoms with van der Waals surface area (Å²) >= 11 is 0. The number of tetrazole rings is 1. The van der Waals surface area contributed by atoms with E-state index >= 15 is 0 Å². The SMILES string of the molecule is COc1ccc2cc1-c1cccc(c1)OCC(=O)NCc1cc(F)cc(c1)O[C@@H]1CCN(C(=O)c3ccc(Cn4cnnn4)cc3)C[C@H]1NC2=O. The second-order valence-electron chi connectivity index (χ2n) is 12.3. The average molecular weight is 692 g/mol. The largest absolute Gasteiger partial charge is 0.496 e. The van der Waals surface area contributed by atoms with Gasteiger partial charge in [-0.05, 0) is 81.7 Å². The zero-order valence-electron chi connectivity index (χ0n) is 27.6.